The number of rotatable bonds is 4. The third kappa shape index (κ3) is 3.47. The highest BCUT2D eigenvalue weighted by atomic mass is 79.9. The van der Waals surface area contributed by atoms with Crippen molar-refractivity contribution >= 4 is 27.6 Å². The molecule has 0 aliphatic heterocycles. The zero-order valence-corrected chi connectivity index (χ0v) is 14.0. The number of benzene rings is 1. The molecule has 0 radical (unpaired) electrons. The summed E-state index contributed by atoms with van der Waals surface area (Å²) in [4.78, 5) is 19.0. The van der Waals surface area contributed by atoms with Gasteiger partial charge in [0.25, 0.3) is 0 Å². The van der Waals surface area contributed by atoms with Crippen LogP contribution in [-0.4, -0.2) is 22.0 Å². The van der Waals surface area contributed by atoms with Gasteiger partial charge in [-0.15, -0.1) is 0 Å². The molecule has 4 nitrogen and oxygen atoms in total. The number of halogens is 1. The summed E-state index contributed by atoms with van der Waals surface area (Å²) in [5, 5.41) is 2.98. The standard InChI is InChI=1S/C17H18BrN3O/c1-12(16-7-2-3-10-19-16)21(15-8-9-15)17(22)20-14-6-4-5-13(18)11-14/h2-7,10-12,15H,8-9H2,1H3,(H,20,22)/t12-/m0/s1. The van der Waals surface area contributed by atoms with E-state index in [0.29, 0.717) is 6.04 Å². The van der Waals surface area contributed by atoms with E-state index in [2.05, 4.69) is 26.2 Å². The SMILES string of the molecule is C[C@@H](c1ccccn1)N(C(=O)Nc1cccc(Br)c1)C1CC1. The molecule has 114 valence electrons. The lowest BCUT2D eigenvalue weighted by Crippen LogP contribution is -2.39. The summed E-state index contributed by atoms with van der Waals surface area (Å²) in [5.41, 5.74) is 1.71. The number of pyridine rings is 1. The Hall–Kier alpha value is -1.88. The Morgan fingerprint density at radius 2 is 2.14 bits per heavy atom. The van der Waals surface area contributed by atoms with Crippen LogP contribution >= 0.6 is 15.9 Å². The van der Waals surface area contributed by atoms with Gasteiger partial charge in [-0.3, -0.25) is 4.98 Å². The number of hydrogen-bond acceptors (Lipinski definition) is 2. The molecule has 1 aliphatic rings. The minimum Gasteiger partial charge on any atom is -0.313 e. The van der Waals surface area contributed by atoms with Crippen LogP contribution in [0.2, 0.25) is 0 Å². The van der Waals surface area contributed by atoms with Crippen molar-refractivity contribution in [1.82, 2.24) is 9.88 Å². The van der Waals surface area contributed by atoms with Crippen LogP contribution in [0, 0.1) is 0 Å². The lowest BCUT2D eigenvalue weighted by atomic mass is 10.2. The predicted molar refractivity (Wildman–Crippen MR) is 90.7 cm³/mol. The molecule has 1 aliphatic carbocycles. The minimum atomic E-state index is -0.0706. The summed E-state index contributed by atoms with van der Waals surface area (Å²) in [6.45, 7) is 2.03. The topological polar surface area (TPSA) is 45.2 Å². The van der Waals surface area contributed by atoms with E-state index in [0.717, 1.165) is 28.7 Å². The highest BCUT2D eigenvalue weighted by molar-refractivity contribution is 9.10. The van der Waals surface area contributed by atoms with Gasteiger partial charge in [-0.2, -0.15) is 0 Å². The van der Waals surface area contributed by atoms with E-state index in [-0.39, 0.29) is 12.1 Å². The Morgan fingerprint density at radius 3 is 2.77 bits per heavy atom. The number of aromatic nitrogens is 1. The average Bonchev–Trinajstić information content (AvgIpc) is 3.33. The van der Waals surface area contributed by atoms with Gasteiger partial charge in [-0.05, 0) is 50.1 Å². The summed E-state index contributed by atoms with van der Waals surface area (Å²) < 4.78 is 0.945. The Balaban J connectivity index is 1.77. The molecular weight excluding hydrogens is 342 g/mol. The van der Waals surface area contributed by atoms with E-state index in [1.807, 2.05) is 54.3 Å². The first-order valence-corrected chi connectivity index (χ1v) is 8.20. The van der Waals surface area contributed by atoms with Gasteiger partial charge in [0.15, 0.2) is 0 Å². The molecule has 1 heterocycles. The molecule has 5 heteroatoms. The zero-order valence-electron chi connectivity index (χ0n) is 12.4. The van der Waals surface area contributed by atoms with Crippen molar-refractivity contribution in [3.05, 3.63) is 58.8 Å². The summed E-state index contributed by atoms with van der Waals surface area (Å²) in [5.74, 6) is 0. The van der Waals surface area contributed by atoms with Gasteiger partial charge in [-0.1, -0.05) is 28.1 Å². The molecule has 0 unspecified atom stereocenters. The number of amides is 2. The lowest BCUT2D eigenvalue weighted by Gasteiger charge is -2.29. The van der Waals surface area contributed by atoms with Crippen LogP contribution in [0.15, 0.2) is 53.1 Å². The summed E-state index contributed by atoms with van der Waals surface area (Å²) in [6.07, 6.45) is 3.88. The third-order valence-electron chi connectivity index (χ3n) is 3.78. The Labute approximate surface area is 138 Å². The third-order valence-corrected chi connectivity index (χ3v) is 4.28. The van der Waals surface area contributed by atoms with Crippen molar-refractivity contribution in [2.75, 3.05) is 5.32 Å². The molecule has 0 bridgehead atoms. The second-order valence-corrected chi connectivity index (χ2v) is 6.43. The fraction of sp³-hybridized carbons (Fsp3) is 0.294. The van der Waals surface area contributed by atoms with Crippen molar-refractivity contribution in [1.29, 1.82) is 0 Å². The summed E-state index contributed by atoms with van der Waals surface area (Å²) in [7, 11) is 0. The second-order valence-electron chi connectivity index (χ2n) is 5.51. The van der Waals surface area contributed by atoms with Crippen LogP contribution in [-0.2, 0) is 0 Å². The van der Waals surface area contributed by atoms with Gasteiger partial charge in [0, 0.05) is 22.4 Å². The monoisotopic (exact) mass is 359 g/mol. The van der Waals surface area contributed by atoms with E-state index in [1.165, 1.54) is 0 Å². The number of carbonyl (C=O) groups is 1. The van der Waals surface area contributed by atoms with Crippen LogP contribution in [0.25, 0.3) is 0 Å². The molecule has 1 aromatic heterocycles. The van der Waals surface area contributed by atoms with Crippen molar-refractivity contribution in [3.8, 4) is 0 Å². The molecule has 2 aromatic rings. The van der Waals surface area contributed by atoms with Gasteiger partial charge in [0.2, 0.25) is 0 Å². The van der Waals surface area contributed by atoms with Gasteiger partial charge < -0.3 is 10.2 Å². The molecule has 0 spiro atoms. The van der Waals surface area contributed by atoms with E-state index in [4.69, 9.17) is 0 Å². The smallest absolute Gasteiger partial charge is 0.313 e. The van der Waals surface area contributed by atoms with Crippen LogP contribution < -0.4 is 5.32 Å². The molecule has 1 fully saturated rings. The van der Waals surface area contributed by atoms with Crippen molar-refractivity contribution in [2.45, 2.75) is 31.8 Å². The highest BCUT2D eigenvalue weighted by Gasteiger charge is 2.36. The maximum absolute atomic E-state index is 12.7. The molecule has 3 rings (SSSR count). The number of urea groups is 1. The molecule has 1 aromatic carbocycles. The molecule has 1 atom stereocenters. The zero-order chi connectivity index (χ0) is 15.5. The lowest BCUT2D eigenvalue weighted by molar-refractivity contribution is 0.187. The van der Waals surface area contributed by atoms with E-state index >= 15 is 0 Å². The first-order valence-electron chi connectivity index (χ1n) is 7.41. The van der Waals surface area contributed by atoms with Crippen LogP contribution in [0.4, 0.5) is 10.5 Å². The number of hydrogen-bond donors (Lipinski definition) is 1. The number of nitrogens with zero attached hydrogens (tertiary/aromatic N) is 2. The highest BCUT2D eigenvalue weighted by Crippen LogP contribution is 2.34. The first kappa shape index (κ1) is 15.0. The van der Waals surface area contributed by atoms with Crippen molar-refractivity contribution in [2.24, 2.45) is 0 Å². The average molecular weight is 360 g/mol. The minimum absolute atomic E-state index is 0.0409. The predicted octanol–water partition coefficient (Wildman–Crippen LogP) is 4.60. The number of carbonyl (C=O) groups excluding carboxylic acids is 1. The summed E-state index contributed by atoms with van der Waals surface area (Å²) >= 11 is 3.42. The summed E-state index contributed by atoms with van der Waals surface area (Å²) in [6, 6.07) is 13.6. The van der Waals surface area contributed by atoms with Gasteiger partial charge in [0.1, 0.15) is 0 Å². The molecule has 1 saturated carbocycles. The maximum atomic E-state index is 12.7. The second kappa shape index (κ2) is 6.48. The van der Waals surface area contributed by atoms with E-state index in [9.17, 15) is 4.79 Å². The van der Waals surface area contributed by atoms with Crippen LogP contribution in [0.1, 0.15) is 31.5 Å². The van der Waals surface area contributed by atoms with Crippen molar-refractivity contribution < 1.29 is 4.79 Å². The quantitative estimate of drug-likeness (QED) is 0.866. The van der Waals surface area contributed by atoms with E-state index in [1.54, 1.807) is 6.20 Å². The Kier molecular flexibility index (Phi) is 4.43. The van der Waals surface area contributed by atoms with Crippen molar-refractivity contribution in [3.63, 3.8) is 0 Å². The normalized spacial score (nSPS) is 15.2. The molecule has 2 amide bonds. The largest absolute Gasteiger partial charge is 0.322 e. The Bertz CT molecular complexity index is 658. The molecule has 0 saturated heterocycles. The van der Waals surface area contributed by atoms with Crippen LogP contribution in [0.5, 0.6) is 0 Å². The maximum Gasteiger partial charge on any atom is 0.322 e. The van der Waals surface area contributed by atoms with Gasteiger partial charge in [0.05, 0.1) is 11.7 Å². The molecule has 22 heavy (non-hydrogen) atoms. The number of nitrogens with one attached hydrogen (secondary N) is 1. The van der Waals surface area contributed by atoms with Gasteiger partial charge >= 0.3 is 6.03 Å². The van der Waals surface area contributed by atoms with Crippen LogP contribution in [0.3, 0.4) is 0 Å². The number of anilines is 1. The van der Waals surface area contributed by atoms with Gasteiger partial charge in [-0.25, -0.2) is 4.79 Å². The Morgan fingerprint density at radius 1 is 1.32 bits per heavy atom. The molecule has 1 N–H and O–H groups in total. The van der Waals surface area contributed by atoms with E-state index < -0.39 is 0 Å². The fourth-order valence-electron chi connectivity index (χ4n) is 2.53. The first-order chi connectivity index (χ1) is 10.6. The fourth-order valence-corrected chi connectivity index (χ4v) is 2.93. The molecular formula is C17H18BrN3O.